The van der Waals surface area contributed by atoms with E-state index in [4.69, 9.17) is 39.1 Å². The molecule has 3 heterocycles. The molecule has 1 aromatic carbocycles. The maximum absolute atomic E-state index is 8.71. The minimum absolute atomic E-state index is 0.117. The van der Waals surface area contributed by atoms with Crippen molar-refractivity contribution in [3.63, 3.8) is 0 Å². The highest BCUT2D eigenvalue weighted by Crippen LogP contribution is 2.34. The van der Waals surface area contributed by atoms with Crippen LogP contribution in [0.5, 0.6) is 5.75 Å². The largest absolute Gasteiger partial charge is 0.486 e. The zero-order chi connectivity index (χ0) is 25.4. The van der Waals surface area contributed by atoms with Crippen LogP contribution in [-0.4, -0.2) is 46.1 Å². The smallest absolute Gasteiger partial charge is 0.151 e. The van der Waals surface area contributed by atoms with Gasteiger partial charge in [0.05, 0.1) is 21.3 Å². The normalized spacial score (nSPS) is 17.4. The van der Waals surface area contributed by atoms with Crippen molar-refractivity contribution in [1.29, 1.82) is 5.41 Å². The highest BCUT2D eigenvalue weighted by Gasteiger charge is 2.40. The molecular weight excluding hydrogens is 497 g/mol. The van der Waals surface area contributed by atoms with Gasteiger partial charge >= 0.3 is 0 Å². The Balaban J connectivity index is 1.26. The Kier molecular flexibility index (Phi) is 6.76. The highest BCUT2D eigenvalue weighted by atomic mass is 35.5. The molecule has 4 N–H and O–H groups in total. The van der Waals surface area contributed by atoms with Crippen LogP contribution in [0.15, 0.2) is 42.7 Å². The van der Waals surface area contributed by atoms with Crippen molar-refractivity contribution >= 4 is 40.4 Å². The number of pyridine rings is 1. The Labute approximate surface area is 220 Å². The SMILES string of the molecule is C[C@@H](Oc1ccc(N)c(C(=N)c2ccc(N3CC(C)(NCC4CC4)C3)nn2)c1)c1c(Cl)cncc1Cl. The van der Waals surface area contributed by atoms with Crippen molar-refractivity contribution in [2.75, 3.05) is 30.3 Å². The minimum Gasteiger partial charge on any atom is -0.486 e. The van der Waals surface area contributed by atoms with Gasteiger partial charge in [0.2, 0.25) is 0 Å². The summed E-state index contributed by atoms with van der Waals surface area (Å²) in [5.41, 5.74) is 8.53. The molecule has 1 saturated carbocycles. The predicted molar refractivity (Wildman–Crippen MR) is 143 cm³/mol. The summed E-state index contributed by atoms with van der Waals surface area (Å²) >= 11 is 12.5. The number of hydrogen-bond donors (Lipinski definition) is 3. The zero-order valence-corrected chi connectivity index (χ0v) is 21.8. The number of benzene rings is 1. The van der Waals surface area contributed by atoms with E-state index in [0.29, 0.717) is 38.3 Å². The molecule has 2 aromatic heterocycles. The molecule has 0 spiro atoms. The summed E-state index contributed by atoms with van der Waals surface area (Å²) in [7, 11) is 0. The third-order valence-corrected chi connectivity index (χ3v) is 7.33. The molecule has 8 nitrogen and oxygen atoms in total. The molecule has 36 heavy (non-hydrogen) atoms. The molecule has 1 saturated heterocycles. The second-order valence-corrected chi connectivity index (χ2v) is 10.7. The minimum atomic E-state index is -0.432. The average Bonchev–Trinajstić information content (AvgIpc) is 3.66. The number of nitrogen functional groups attached to an aromatic ring is 1. The fraction of sp³-hybridized carbons (Fsp3) is 0.385. The van der Waals surface area contributed by atoms with Crippen LogP contribution in [0.1, 0.15) is 49.6 Å². The van der Waals surface area contributed by atoms with Crippen LogP contribution in [0.2, 0.25) is 10.0 Å². The molecule has 1 aliphatic heterocycles. The summed E-state index contributed by atoms with van der Waals surface area (Å²) in [6, 6.07) is 8.89. The van der Waals surface area contributed by atoms with Gasteiger partial charge in [0, 0.05) is 42.3 Å². The first-order valence-corrected chi connectivity index (χ1v) is 12.8. The van der Waals surface area contributed by atoms with Crippen molar-refractivity contribution in [2.24, 2.45) is 5.92 Å². The lowest BCUT2D eigenvalue weighted by Crippen LogP contribution is -2.68. The number of nitrogens with one attached hydrogen (secondary N) is 2. The first-order valence-electron chi connectivity index (χ1n) is 12.0. The van der Waals surface area contributed by atoms with Crippen molar-refractivity contribution in [1.82, 2.24) is 20.5 Å². The van der Waals surface area contributed by atoms with Crippen molar-refractivity contribution in [2.45, 2.75) is 38.3 Å². The zero-order valence-electron chi connectivity index (χ0n) is 20.3. The summed E-state index contributed by atoms with van der Waals surface area (Å²) in [6.07, 6.45) is 5.31. The van der Waals surface area contributed by atoms with Gasteiger partial charge in [-0.3, -0.25) is 10.4 Å². The first kappa shape index (κ1) is 24.7. The van der Waals surface area contributed by atoms with E-state index in [2.05, 4.69) is 32.3 Å². The molecule has 2 fully saturated rings. The van der Waals surface area contributed by atoms with E-state index in [1.807, 2.05) is 19.1 Å². The van der Waals surface area contributed by atoms with Gasteiger partial charge in [-0.1, -0.05) is 23.2 Å². The highest BCUT2D eigenvalue weighted by molar-refractivity contribution is 6.35. The number of nitrogens with two attached hydrogens (primary N) is 1. The van der Waals surface area contributed by atoms with Crippen LogP contribution in [-0.2, 0) is 0 Å². The second-order valence-electron chi connectivity index (χ2n) is 9.92. The molecule has 0 amide bonds. The lowest BCUT2D eigenvalue weighted by atomic mass is 9.92. The molecule has 0 radical (unpaired) electrons. The molecule has 3 aromatic rings. The number of nitrogens with zero attached hydrogens (tertiary/aromatic N) is 4. The van der Waals surface area contributed by atoms with Crippen molar-refractivity contribution in [3.05, 3.63) is 69.6 Å². The molecule has 188 valence electrons. The van der Waals surface area contributed by atoms with E-state index in [0.717, 1.165) is 31.4 Å². The lowest BCUT2D eigenvalue weighted by molar-refractivity contribution is 0.227. The number of anilines is 2. The average molecular weight is 526 g/mol. The van der Waals surface area contributed by atoms with E-state index in [1.54, 1.807) is 18.2 Å². The van der Waals surface area contributed by atoms with Crippen molar-refractivity contribution in [3.8, 4) is 5.75 Å². The van der Waals surface area contributed by atoms with Gasteiger partial charge < -0.3 is 20.7 Å². The lowest BCUT2D eigenvalue weighted by Gasteiger charge is -2.49. The van der Waals surface area contributed by atoms with Crippen LogP contribution < -0.4 is 20.7 Å². The Morgan fingerprint density at radius 3 is 2.56 bits per heavy atom. The molecule has 1 atom stereocenters. The summed E-state index contributed by atoms with van der Waals surface area (Å²) < 4.78 is 6.08. The van der Waals surface area contributed by atoms with Crippen LogP contribution in [0, 0.1) is 11.3 Å². The standard InChI is InChI=1S/C26H29Cl2N7O/c1-15(24-19(27)11-31-12-20(24)28)36-17-5-6-21(29)18(9-17)25(30)22-7-8-23(34-33-22)35-13-26(2,14-35)32-10-16-3-4-16/h5-9,11-12,15-16,30,32H,3-4,10,13-14,29H2,1-2H3/t15-/m1/s1. The maximum Gasteiger partial charge on any atom is 0.151 e. The number of rotatable bonds is 9. The quantitative estimate of drug-likeness (QED) is 0.269. The van der Waals surface area contributed by atoms with Gasteiger partial charge in [-0.25, -0.2) is 0 Å². The molecule has 2 aliphatic rings. The summed E-state index contributed by atoms with van der Waals surface area (Å²) in [5.74, 6) is 2.19. The van der Waals surface area contributed by atoms with E-state index in [-0.39, 0.29) is 11.3 Å². The molecule has 5 rings (SSSR count). The van der Waals surface area contributed by atoms with Gasteiger partial charge in [-0.15, -0.1) is 10.2 Å². The van der Waals surface area contributed by atoms with Crippen LogP contribution in [0.25, 0.3) is 0 Å². The summed E-state index contributed by atoms with van der Waals surface area (Å²) in [4.78, 5) is 6.18. The Morgan fingerprint density at radius 2 is 1.92 bits per heavy atom. The van der Waals surface area contributed by atoms with Gasteiger partial charge in [0.15, 0.2) is 5.82 Å². The predicted octanol–water partition coefficient (Wildman–Crippen LogP) is 4.90. The summed E-state index contributed by atoms with van der Waals surface area (Å²) in [6.45, 7) is 6.97. The van der Waals surface area contributed by atoms with Crippen molar-refractivity contribution < 1.29 is 4.74 Å². The second kappa shape index (κ2) is 9.84. The van der Waals surface area contributed by atoms with E-state index in [1.165, 1.54) is 25.2 Å². The van der Waals surface area contributed by atoms with Gasteiger partial charge in [0.25, 0.3) is 0 Å². The molecule has 0 unspecified atom stereocenters. The van der Waals surface area contributed by atoms with E-state index < -0.39 is 6.10 Å². The number of hydrogen-bond acceptors (Lipinski definition) is 8. The Bertz CT molecular complexity index is 1250. The number of ether oxygens (including phenoxy) is 1. The summed E-state index contributed by atoms with van der Waals surface area (Å²) in [5, 5.41) is 21.9. The Hall–Kier alpha value is -2.94. The first-order chi connectivity index (χ1) is 17.2. The molecule has 0 bridgehead atoms. The van der Waals surface area contributed by atoms with E-state index >= 15 is 0 Å². The fourth-order valence-electron chi connectivity index (χ4n) is 4.45. The molecule has 10 heteroatoms. The maximum atomic E-state index is 8.71. The Morgan fingerprint density at radius 1 is 1.19 bits per heavy atom. The third-order valence-electron chi connectivity index (χ3n) is 6.73. The van der Waals surface area contributed by atoms with Gasteiger partial charge in [-0.2, -0.15) is 0 Å². The van der Waals surface area contributed by atoms with Crippen LogP contribution in [0.4, 0.5) is 11.5 Å². The van der Waals surface area contributed by atoms with Crippen LogP contribution in [0.3, 0.4) is 0 Å². The van der Waals surface area contributed by atoms with Gasteiger partial charge in [-0.05, 0) is 69.5 Å². The van der Waals surface area contributed by atoms with E-state index in [9.17, 15) is 0 Å². The number of aromatic nitrogens is 3. The topological polar surface area (TPSA) is 113 Å². The number of halogens is 2. The molecular formula is C26H29Cl2N7O. The third kappa shape index (κ3) is 5.26. The molecule has 1 aliphatic carbocycles. The van der Waals surface area contributed by atoms with Crippen LogP contribution >= 0.6 is 23.2 Å². The monoisotopic (exact) mass is 525 g/mol. The fourth-order valence-corrected chi connectivity index (χ4v) is 5.12. The van der Waals surface area contributed by atoms with Gasteiger partial charge in [0.1, 0.15) is 17.5 Å².